The number of benzene rings is 2. The van der Waals surface area contributed by atoms with Gasteiger partial charge in [0.25, 0.3) is 5.91 Å². The molecule has 166 valence electrons. The molecule has 4 rings (SSSR count). The molecule has 9 heteroatoms. The van der Waals surface area contributed by atoms with Crippen LogP contribution in [0.3, 0.4) is 0 Å². The van der Waals surface area contributed by atoms with Crippen molar-refractivity contribution in [2.24, 2.45) is 0 Å². The number of hydrogen-bond donors (Lipinski definition) is 2. The van der Waals surface area contributed by atoms with Crippen molar-refractivity contribution in [1.82, 2.24) is 15.2 Å². The van der Waals surface area contributed by atoms with Crippen LogP contribution in [0, 0.1) is 5.82 Å². The van der Waals surface area contributed by atoms with E-state index in [0.717, 1.165) is 15.8 Å². The molecule has 0 unspecified atom stereocenters. The molecule has 1 saturated heterocycles. The van der Waals surface area contributed by atoms with E-state index in [9.17, 15) is 18.8 Å². The zero-order chi connectivity index (χ0) is 22.7. The predicted octanol–water partition coefficient (Wildman–Crippen LogP) is 2.81. The van der Waals surface area contributed by atoms with Crippen LogP contribution < -0.4 is 20.3 Å². The molecule has 1 atom stereocenters. The maximum Gasteiger partial charge on any atom is 0.329 e. The largest absolute Gasteiger partial charge is 0.497 e. The van der Waals surface area contributed by atoms with Gasteiger partial charge in [0.15, 0.2) is 0 Å². The number of nitrogens with one attached hydrogen (secondary N) is 2. The minimum absolute atomic E-state index is 0.0915. The number of rotatable bonds is 8. The Kier molecular flexibility index (Phi) is 6.07. The van der Waals surface area contributed by atoms with E-state index >= 15 is 0 Å². The standard InChI is InChI=1S/C23H23FN4O4/c1-32-18-6-4-17(5-7-18)28-22(30)19(26-23(28)31)8-9-21(29)25-11-13-27-12-10-15-2-3-16(24)14-20(15)27/h2-7,10,12,14,19H,8-9,11,13H2,1H3,(H,25,29)(H,26,31)/t19-/m1/s1. The first-order chi connectivity index (χ1) is 15.5. The minimum atomic E-state index is -0.758. The van der Waals surface area contributed by atoms with Crippen molar-refractivity contribution in [2.45, 2.75) is 25.4 Å². The lowest BCUT2D eigenvalue weighted by Crippen LogP contribution is -2.33. The van der Waals surface area contributed by atoms with Crippen LogP contribution in [0.25, 0.3) is 10.9 Å². The summed E-state index contributed by atoms with van der Waals surface area (Å²) in [5.41, 5.74) is 1.20. The van der Waals surface area contributed by atoms with Crippen LogP contribution in [-0.4, -0.2) is 42.1 Å². The van der Waals surface area contributed by atoms with Gasteiger partial charge in [-0.3, -0.25) is 9.59 Å². The summed E-state index contributed by atoms with van der Waals surface area (Å²) in [5.74, 6) is -0.313. The summed E-state index contributed by atoms with van der Waals surface area (Å²) in [7, 11) is 1.53. The molecular formula is C23H23FN4O4. The maximum atomic E-state index is 13.5. The second-order valence-corrected chi connectivity index (χ2v) is 7.47. The number of carbonyl (C=O) groups is 3. The fourth-order valence-corrected chi connectivity index (χ4v) is 3.73. The summed E-state index contributed by atoms with van der Waals surface area (Å²) in [6.07, 6.45) is 2.13. The molecule has 0 saturated carbocycles. The first-order valence-electron chi connectivity index (χ1n) is 10.3. The third kappa shape index (κ3) is 4.41. The summed E-state index contributed by atoms with van der Waals surface area (Å²) in [5, 5.41) is 6.35. The highest BCUT2D eigenvalue weighted by Crippen LogP contribution is 2.24. The molecule has 1 fully saturated rings. The number of hydrogen-bond acceptors (Lipinski definition) is 4. The van der Waals surface area contributed by atoms with Crippen molar-refractivity contribution in [3.05, 3.63) is 60.5 Å². The Morgan fingerprint density at radius 2 is 1.94 bits per heavy atom. The van der Waals surface area contributed by atoms with E-state index in [4.69, 9.17) is 4.74 Å². The molecule has 32 heavy (non-hydrogen) atoms. The number of aromatic nitrogens is 1. The molecule has 4 amide bonds. The van der Waals surface area contributed by atoms with Crippen molar-refractivity contribution in [1.29, 1.82) is 0 Å². The van der Waals surface area contributed by atoms with E-state index in [1.165, 1.54) is 19.2 Å². The molecule has 1 aromatic heterocycles. The smallest absolute Gasteiger partial charge is 0.329 e. The molecule has 0 aliphatic carbocycles. The average molecular weight is 438 g/mol. The predicted molar refractivity (Wildman–Crippen MR) is 117 cm³/mol. The lowest BCUT2D eigenvalue weighted by Gasteiger charge is -2.13. The van der Waals surface area contributed by atoms with Crippen molar-refractivity contribution in [3.63, 3.8) is 0 Å². The molecule has 2 N–H and O–H groups in total. The van der Waals surface area contributed by atoms with Crippen LogP contribution in [0.4, 0.5) is 14.9 Å². The highest BCUT2D eigenvalue weighted by Gasteiger charge is 2.38. The third-order valence-corrected chi connectivity index (χ3v) is 5.42. The van der Waals surface area contributed by atoms with E-state index in [2.05, 4.69) is 10.6 Å². The molecule has 0 radical (unpaired) electrons. The zero-order valence-corrected chi connectivity index (χ0v) is 17.5. The van der Waals surface area contributed by atoms with Crippen LogP contribution in [0.2, 0.25) is 0 Å². The normalized spacial score (nSPS) is 15.8. The Balaban J connectivity index is 1.26. The Morgan fingerprint density at radius 3 is 2.69 bits per heavy atom. The third-order valence-electron chi connectivity index (χ3n) is 5.42. The summed E-state index contributed by atoms with van der Waals surface area (Å²) < 4.78 is 20.4. The molecule has 3 aromatic rings. The highest BCUT2D eigenvalue weighted by molar-refractivity contribution is 6.21. The van der Waals surface area contributed by atoms with E-state index in [-0.39, 0.29) is 24.6 Å². The van der Waals surface area contributed by atoms with Crippen LogP contribution >= 0.6 is 0 Å². The topological polar surface area (TPSA) is 92.7 Å². The Hall–Kier alpha value is -3.88. The Bertz CT molecular complexity index is 1160. The number of amides is 4. The van der Waals surface area contributed by atoms with Crippen LogP contribution in [0.5, 0.6) is 5.75 Å². The Labute approximate surface area is 183 Å². The number of halogens is 1. The van der Waals surface area contributed by atoms with Crippen molar-refractivity contribution < 1.29 is 23.5 Å². The summed E-state index contributed by atoms with van der Waals surface area (Å²) in [6, 6.07) is 11.8. The van der Waals surface area contributed by atoms with Gasteiger partial charge in [0, 0.05) is 25.7 Å². The van der Waals surface area contributed by atoms with Crippen molar-refractivity contribution in [3.8, 4) is 5.75 Å². The number of methoxy groups -OCH3 is 1. The fraction of sp³-hybridized carbons (Fsp3) is 0.261. The molecule has 2 heterocycles. The van der Waals surface area contributed by atoms with Gasteiger partial charge in [-0.1, -0.05) is 0 Å². The number of imide groups is 1. The number of carbonyl (C=O) groups excluding carboxylic acids is 3. The van der Waals surface area contributed by atoms with Gasteiger partial charge in [-0.25, -0.2) is 14.1 Å². The molecule has 0 bridgehead atoms. The maximum absolute atomic E-state index is 13.5. The van der Waals surface area contributed by atoms with Gasteiger partial charge in [0.1, 0.15) is 17.6 Å². The molecule has 2 aromatic carbocycles. The van der Waals surface area contributed by atoms with Gasteiger partial charge in [-0.2, -0.15) is 0 Å². The van der Waals surface area contributed by atoms with Gasteiger partial charge in [0.05, 0.1) is 18.3 Å². The zero-order valence-electron chi connectivity index (χ0n) is 17.5. The lowest BCUT2D eigenvalue weighted by molar-refractivity contribution is -0.121. The van der Waals surface area contributed by atoms with E-state index in [1.807, 2.05) is 16.8 Å². The molecule has 8 nitrogen and oxygen atoms in total. The monoisotopic (exact) mass is 438 g/mol. The molecule has 1 aliphatic rings. The van der Waals surface area contributed by atoms with E-state index in [1.54, 1.807) is 30.3 Å². The van der Waals surface area contributed by atoms with Crippen LogP contribution in [0.1, 0.15) is 12.8 Å². The van der Waals surface area contributed by atoms with Crippen molar-refractivity contribution >= 4 is 34.4 Å². The number of nitrogens with zero attached hydrogens (tertiary/aromatic N) is 2. The quantitative estimate of drug-likeness (QED) is 0.529. The van der Waals surface area contributed by atoms with E-state index in [0.29, 0.717) is 24.5 Å². The second-order valence-electron chi connectivity index (χ2n) is 7.47. The number of fused-ring (bicyclic) bond motifs is 1. The highest BCUT2D eigenvalue weighted by atomic mass is 19.1. The van der Waals surface area contributed by atoms with Crippen molar-refractivity contribution in [2.75, 3.05) is 18.6 Å². The van der Waals surface area contributed by atoms with Crippen LogP contribution in [-0.2, 0) is 16.1 Å². The number of urea groups is 1. The first-order valence-corrected chi connectivity index (χ1v) is 10.3. The van der Waals surface area contributed by atoms with Gasteiger partial charge < -0.3 is 19.9 Å². The summed E-state index contributed by atoms with van der Waals surface area (Å²) in [6.45, 7) is 0.852. The SMILES string of the molecule is COc1ccc(N2C(=O)N[C@H](CCC(=O)NCCn3ccc4ccc(F)cc43)C2=O)cc1. The summed E-state index contributed by atoms with van der Waals surface area (Å²) in [4.78, 5) is 38.2. The molecule has 0 spiro atoms. The fourth-order valence-electron chi connectivity index (χ4n) is 3.73. The van der Waals surface area contributed by atoms with E-state index < -0.39 is 18.0 Å². The number of ether oxygens (including phenoxy) is 1. The molecular weight excluding hydrogens is 415 g/mol. The number of anilines is 1. The first kappa shape index (κ1) is 21.4. The van der Waals surface area contributed by atoms with Crippen LogP contribution in [0.15, 0.2) is 54.7 Å². The van der Waals surface area contributed by atoms with Gasteiger partial charge >= 0.3 is 6.03 Å². The molecule has 1 aliphatic heterocycles. The Morgan fingerprint density at radius 1 is 1.16 bits per heavy atom. The van der Waals surface area contributed by atoms with Gasteiger partial charge in [-0.15, -0.1) is 0 Å². The minimum Gasteiger partial charge on any atom is -0.497 e. The average Bonchev–Trinajstić information content (AvgIpc) is 3.31. The van der Waals surface area contributed by atoms with Gasteiger partial charge in [-0.05, 0) is 60.3 Å². The summed E-state index contributed by atoms with van der Waals surface area (Å²) >= 11 is 0. The second kappa shape index (κ2) is 9.09. The van der Waals surface area contributed by atoms with Gasteiger partial charge in [0.2, 0.25) is 5.91 Å². The lowest BCUT2D eigenvalue weighted by atomic mass is 10.1.